The molecule has 2 aliphatic carbocycles. The highest BCUT2D eigenvalue weighted by atomic mass is 35.5. The molecule has 3 aromatic rings. The van der Waals surface area contributed by atoms with Crippen LogP contribution >= 0.6 is 11.6 Å². The minimum Gasteiger partial charge on any atom is -0.477 e. The van der Waals surface area contributed by atoms with Gasteiger partial charge in [-0.1, -0.05) is 23.8 Å². The molecule has 2 bridgehead atoms. The van der Waals surface area contributed by atoms with Crippen LogP contribution in [0.1, 0.15) is 12.8 Å². The second-order valence-corrected chi connectivity index (χ2v) is 7.26. The lowest BCUT2D eigenvalue weighted by Crippen LogP contribution is -2.17. The van der Waals surface area contributed by atoms with Gasteiger partial charge in [0.05, 0.1) is 19.0 Å². The van der Waals surface area contributed by atoms with Crippen molar-refractivity contribution < 1.29 is 4.74 Å². The number of hydrogen-bond acceptors (Lipinski definition) is 4. The van der Waals surface area contributed by atoms with Crippen LogP contribution in [0.3, 0.4) is 0 Å². The molecule has 1 aromatic carbocycles. The fourth-order valence-electron chi connectivity index (χ4n) is 3.99. The molecule has 0 saturated heterocycles. The molecule has 0 N–H and O–H groups in total. The van der Waals surface area contributed by atoms with Gasteiger partial charge in [-0.05, 0) is 54.9 Å². The Hall–Kier alpha value is -2.40. The first kappa shape index (κ1) is 14.9. The monoisotopic (exact) mass is 352 g/mol. The first-order valence-electron chi connectivity index (χ1n) is 8.54. The molecule has 2 aromatic heterocycles. The second-order valence-electron chi connectivity index (χ2n) is 6.82. The van der Waals surface area contributed by atoms with E-state index in [9.17, 15) is 0 Å². The summed E-state index contributed by atoms with van der Waals surface area (Å²) in [4.78, 5) is 4.24. The van der Waals surface area contributed by atoms with Gasteiger partial charge in [0, 0.05) is 10.6 Å². The molecular formula is C19H17ClN4O. The van der Waals surface area contributed by atoms with Crippen molar-refractivity contribution in [1.82, 2.24) is 19.6 Å². The number of benzene rings is 1. The van der Waals surface area contributed by atoms with Crippen LogP contribution in [0.25, 0.3) is 17.0 Å². The number of nitrogens with zero attached hydrogens (tertiary/aromatic N) is 4. The topological polar surface area (TPSA) is 52.3 Å². The number of allylic oxidation sites excluding steroid dienone is 2. The molecule has 1 fully saturated rings. The molecule has 0 amide bonds. The summed E-state index contributed by atoms with van der Waals surface area (Å²) in [7, 11) is 0. The number of halogens is 1. The number of rotatable bonds is 4. The Kier molecular flexibility index (Phi) is 3.48. The standard InChI is InChI=1S/C19H17ClN4O/c20-16-5-3-13(4-6-16)19-23-22-17-9-21-10-18(24(17)19)25-11-15-8-12-1-2-14(15)7-12/h1-6,9-10,12,14-15H,7-8,11H2/t12-,14+,15?/m0/s1. The number of fused-ring (bicyclic) bond motifs is 3. The van der Waals surface area contributed by atoms with E-state index < -0.39 is 0 Å². The summed E-state index contributed by atoms with van der Waals surface area (Å²) in [6, 6.07) is 7.57. The predicted octanol–water partition coefficient (Wildman–Crippen LogP) is 4.04. The summed E-state index contributed by atoms with van der Waals surface area (Å²) in [5.74, 6) is 3.40. The van der Waals surface area contributed by atoms with E-state index in [1.54, 1.807) is 12.4 Å². The highest BCUT2D eigenvalue weighted by Crippen LogP contribution is 2.43. The minimum absolute atomic E-state index is 0.584. The van der Waals surface area contributed by atoms with E-state index in [0.717, 1.165) is 17.3 Å². The van der Waals surface area contributed by atoms with Crippen LogP contribution in [-0.2, 0) is 0 Å². The van der Waals surface area contributed by atoms with Crippen LogP contribution in [0.15, 0.2) is 48.8 Å². The molecule has 126 valence electrons. The molecule has 2 aliphatic rings. The Bertz CT molecular complexity index is 950. The zero-order chi connectivity index (χ0) is 16.8. The molecule has 6 heteroatoms. The third-order valence-electron chi connectivity index (χ3n) is 5.25. The molecule has 1 saturated carbocycles. The van der Waals surface area contributed by atoms with Crippen molar-refractivity contribution in [3.8, 4) is 17.3 Å². The fourth-order valence-corrected chi connectivity index (χ4v) is 4.12. The Labute approximate surface area is 150 Å². The maximum Gasteiger partial charge on any atom is 0.220 e. The average Bonchev–Trinajstić information content (AvgIpc) is 3.36. The van der Waals surface area contributed by atoms with E-state index in [1.165, 1.54) is 12.8 Å². The van der Waals surface area contributed by atoms with Crippen molar-refractivity contribution in [2.24, 2.45) is 17.8 Å². The Morgan fingerprint density at radius 2 is 1.96 bits per heavy atom. The van der Waals surface area contributed by atoms with Gasteiger partial charge >= 0.3 is 0 Å². The Morgan fingerprint density at radius 3 is 2.72 bits per heavy atom. The van der Waals surface area contributed by atoms with Crippen LogP contribution < -0.4 is 4.74 Å². The van der Waals surface area contributed by atoms with E-state index in [2.05, 4.69) is 27.3 Å². The highest BCUT2D eigenvalue weighted by molar-refractivity contribution is 6.30. The lowest BCUT2D eigenvalue weighted by molar-refractivity contribution is 0.218. The van der Waals surface area contributed by atoms with E-state index in [0.29, 0.717) is 35.0 Å². The first-order valence-corrected chi connectivity index (χ1v) is 8.92. The molecule has 0 spiro atoms. The third-order valence-corrected chi connectivity index (χ3v) is 5.50. The second kappa shape index (κ2) is 5.85. The van der Waals surface area contributed by atoms with E-state index in [1.807, 2.05) is 28.7 Å². The van der Waals surface area contributed by atoms with E-state index in [4.69, 9.17) is 16.3 Å². The van der Waals surface area contributed by atoms with Crippen molar-refractivity contribution in [2.75, 3.05) is 6.61 Å². The average molecular weight is 353 g/mol. The lowest BCUT2D eigenvalue weighted by atomic mass is 9.95. The number of ether oxygens (including phenoxy) is 1. The van der Waals surface area contributed by atoms with Gasteiger partial charge in [-0.15, -0.1) is 10.2 Å². The molecule has 3 atom stereocenters. The minimum atomic E-state index is 0.584. The van der Waals surface area contributed by atoms with Gasteiger partial charge in [0.25, 0.3) is 0 Å². The quantitative estimate of drug-likeness (QED) is 0.665. The largest absolute Gasteiger partial charge is 0.477 e. The van der Waals surface area contributed by atoms with Crippen LogP contribution in [0.4, 0.5) is 0 Å². The summed E-state index contributed by atoms with van der Waals surface area (Å²) >= 11 is 5.99. The van der Waals surface area contributed by atoms with Crippen LogP contribution in [-0.4, -0.2) is 26.2 Å². The van der Waals surface area contributed by atoms with Crippen molar-refractivity contribution in [1.29, 1.82) is 0 Å². The Balaban J connectivity index is 1.47. The van der Waals surface area contributed by atoms with Gasteiger partial charge in [-0.3, -0.25) is 4.98 Å². The zero-order valence-corrected chi connectivity index (χ0v) is 14.3. The summed E-state index contributed by atoms with van der Waals surface area (Å²) in [6.07, 6.45) is 10.6. The van der Waals surface area contributed by atoms with Gasteiger partial charge in [0.1, 0.15) is 0 Å². The van der Waals surface area contributed by atoms with Gasteiger partial charge in [0.15, 0.2) is 11.5 Å². The van der Waals surface area contributed by atoms with Crippen molar-refractivity contribution >= 4 is 17.2 Å². The lowest BCUT2D eigenvalue weighted by Gasteiger charge is -2.19. The molecule has 0 aliphatic heterocycles. The van der Waals surface area contributed by atoms with E-state index in [-0.39, 0.29) is 0 Å². The van der Waals surface area contributed by atoms with Gasteiger partial charge < -0.3 is 4.74 Å². The maximum absolute atomic E-state index is 6.16. The molecule has 0 radical (unpaired) electrons. The normalized spacial score (nSPS) is 24.3. The molecular weight excluding hydrogens is 336 g/mol. The SMILES string of the molecule is Clc1ccc(-c2nnc3cncc(OCC4C[C@H]5C=C[C@@H]4C5)n23)cc1. The molecule has 25 heavy (non-hydrogen) atoms. The first-order chi connectivity index (χ1) is 12.3. The Morgan fingerprint density at radius 1 is 1.08 bits per heavy atom. The smallest absolute Gasteiger partial charge is 0.220 e. The highest BCUT2D eigenvalue weighted by Gasteiger charge is 2.36. The summed E-state index contributed by atoms with van der Waals surface area (Å²) in [6.45, 7) is 0.699. The van der Waals surface area contributed by atoms with Crippen molar-refractivity contribution in [3.63, 3.8) is 0 Å². The van der Waals surface area contributed by atoms with Gasteiger partial charge in [0.2, 0.25) is 5.88 Å². The van der Waals surface area contributed by atoms with Crippen molar-refractivity contribution in [2.45, 2.75) is 12.8 Å². The fraction of sp³-hybridized carbons (Fsp3) is 0.316. The molecule has 5 rings (SSSR count). The summed E-state index contributed by atoms with van der Waals surface area (Å²) in [5.41, 5.74) is 1.62. The van der Waals surface area contributed by atoms with Gasteiger partial charge in [-0.25, -0.2) is 4.40 Å². The number of aromatic nitrogens is 4. The number of hydrogen-bond donors (Lipinski definition) is 0. The molecule has 1 unspecified atom stereocenters. The third kappa shape index (κ3) is 2.59. The molecule has 5 nitrogen and oxygen atoms in total. The maximum atomic E-state index is 6.16. The predicted molar refractivity (Wildman–Crippen MR) is 95.6 cm³/mol. The van der Waals surface area contributed by atoms with Gasteiger partial charge in [-0.2, -0.15) is 0 Å². The summed E-state index contributed by atoms with van der Waals surface area (Å²) in [5, 5.41) is 9.23. The van der Waals surface area contributed by atoms with Crippen LogP contribution in [0.5, 0.6) is 5.88 Å². The van der Waals surface area contributed by atoms with Crippen molar-refractivity contribution in [3.05, 3.63) is 53.8 Å². The van der Waals surface area contributed by atoms with E-state index >= 15 is 0 Å². The molecule has 2 heterocycles. The van der Waals surface area contributed by atoms with Crippen LogP contribution in [0, 0.1) is 17.8 Å². The zero-order valence-electron chi connectivity index (χ0n) is 13.5. The summed E-state index contributed by atoms with van der Waals surface area (Å²) < 4.78 is 8.08. The van der Waals surface area contributed by atoms with Crippen LogP contribution in [0.2, 0.25) is 5.02 Å².